The van der Waals surface area contributed by atoms with Crippen LogP contribution in [0.4, 0.5) is 13.2 Å². The van der Waals surface area contributed by atoms with Crippen molar-refractivity contribution in [2.24, 2.45) is 4.99 Å². The molecule has 6 nitrogen and oxygen atoms in total. The maximum absolute atomic E-state index is 12.8. The van der Waals surface area contributed by atoms with Crippen LogP contribution in [0.3, 0.4) is 0 Å². The first kappa shape index (κ1) is 20.6. The van der Waals surface area contributed by atoms with Crippen molar-refractivity contribution < 1.29 is 13.2 Å². The van der Waals surface area contributed by atoms with Crippen molar-refractivity contribution in [3.63, 3.8) is 0 Å². The van der Waals surface area contributed by atoms with Gasteiger partial charge < -0.3 is 10.6 Å². The number of nitrogens with one attached hydrogen (secondary N) is 2. The Bertz CT molecular complexity index is 964. The standard InChI is InChI=1S/C20H23F3N6/c1-2-24-19(26-14-15-7-5-8-16(13-15)20(21,22)23)25-11-6-10-18-28-27-17-9-3-4-12-29(17)18/h3-5,7-9,12-13H,2,6,10-11,14H2,1H3,(H2,24,25,26). The number of alkyl halides is 3. The van der Waals surface area contributed by atoms with Gasteiger partial charge in [0, 0.05) is 25.7 Å². The third kappa shape index (κ3) is 5.69. The van der Waals surface area contributed by atoms with Crippen molar-refractivity contribution in [2.75, 3.05) is 13.1 Å². The van der Waals surface area contributed by atoms with E-state index in [0.29, 0.717) is 24.6 Å². The van der Waals surface area contributed by atoms with E-state index in [2.05, 4.69) is 25.8 Å². The molecule has 0 saturated heterocycles. The molecule has 154 valence electrons. The van der Waals surface area contributed by atoms with Gasteiger partial charge in [0.15, 0.2) is 11.6 Å². The Kier molecular flexibility index (Phi) is 6.69. The van der Waals surface area contributed by atoms with Crippen LogP contribution in [-0.4, -0.2) is 33.6 Å². The van der Waals surface area contributed by atoms with E-state index in [0.717, 1.165) is 36.4 Å². The van der Waals surface area contributed by atoms with Crippen molar-refractivity contribution in [1.82, 2.24) is 25.2 Å². The SMILES string of the molecule is CCNC(=NCc1cccc(C(F)(F)F)c1)NCCCc1nnc2ccccn12. The number of hydrogen-bond acceptors (Lipinski definition) is 3. The molecule has 0 radical (unpaired) electrons. The van der Waals surface area contributed by atoms with E-state index in [1.54, 1.807) is 6.07 Å². The van der Waals surface area contributed by atoms with E-state index in [1.807, 2.05) is 35.7 Å². The largest absolute Gasteiger partial charge is 0.416 e. The summed E-state index contributed by atoms with van der Waals surface area (Å²) in [6, 6.07) is 11.0. The Morgan fingerprint density at radius 1 is 1.10 bits per heavy atom. The van der Waals surface area contributed by atoms with Gasteiger partial charge in [0.05, 0.1) is 12.1 Å². The first-order valence-electron chi connectivity index (χ1n) is 9.44. The van der Waals surface area contributed by atoms with Crippen LogP contribution in [0.2, 0.25) is 0 Å². The monoisotopic (exact) mass is 404 g/mol. The molecule has 0 bridgehead atoms. The molecule has 0 atom stereocenters. The van der Waals surface area contributed by atoms with Crippen LogP contribution >= 0.6 is 0 Å². The van der Waals surface area contributed by atoms with E-state index in [1.165, 1.54) is 6.07 Å². The molecule has 0 aliphatic carbocycles. The predicted octanol–water partition coefficient (Wildman–Crippen LogP) is 3.44. The zero-order chi connectivity index (χ0) is 20.7. The first-order chi connectivity index (χ1) is 14.0. The topological polar surface area (TPSA) is 66.6 Å². The summed E-state index contributed by atoms with van der Waals surface area (Å²) in [5.74, 6) is 1.45. The fourth-order valence-electron chi connectivity index (χ4n) is 2.87. The zero-order valence-corrected chi connectivity index (χ0v) is 16.1. The number of aromatic nitrogens is 3. The summed E-state index contributed by atoms with van der Waals surface area (Å²) in [7, 11) is 0. The van der Waals surface area contributed by atoms with Crippen LogP contribution in [-0.2, 0) is 19.1 Å². The molecule has 0 amide bonds. The zero-order valence-electron chi connectivity index (χ0n) is 16.1. The molecule has 0 aliphatic heterocycles. The molecule has 29 heavy (non-hydrogen) atoms. The Labute approximate surface area is 166 Å². The van der Waals surface area contributed by atoms with Crippen LogP contribution in [0.5, 0.6) is 0 Å². The highest BCUT2D eigenvalue weighted by Crippen LogP contribution is 2.29. The molecule has 3 aromatic rings. The fraction of sp³-hybridized carbons (Fsp3) is 0.350. The maximum atomic E-state index is 12.8. The van der Waals surface area contributed by atoms with Gasteiger partial charge in [-0.05, 0) is 43.2 Å². The molecule has 2 heterocycles. The highest BCUT2D eigenvalue weighted by atomic mass is 19.4. The van der Waals surface area contributed by atoms with Crippen molar-refractivity contribution in [3.05, 3.63) is 65.6 Å². The second-order valence-corrected chi connectivity index (χ2v) is 6.47. The maximum Gasteiger partial charge on any atom is 0.416 e. The Balaban J connectivity index is 1.54. The quantitative estimate of drug-likeness (QED) is 0.360. The molecule has 3 rings (SSSR count). The van der Waals surface area contributed by atoms with Crippen LogP contribution in [0.1, 0.15) is 30.3 Å². The number of hydrogen-bond donors (Lipinski definition) is 2. The van der Waals surface area contributed by atoms with E-state index < -0.39 is 11.7 Å². The summed E-state index contributed by atoms with van der Waals surface area (Å²) in [5, 5.41) is 14.6. The molecule has 0 spiro atoms. The molecular formula is C20H23F3N6. The van der Waals surface area contributed by atoms with Crippen molar-refractivity contribution in [1.29, 1.82) is 0 Å². The van der Waals surface area contributed by atoms with Crippen LogP contribution in [0, 0.1) is 0 Å². The highest BCUT2D eigenvalue weighted by Gasteiger charge is 2.30. The van der Waals surface area contributed by atoms with Crippen molar-refractivity contribution in [3.8, 4) is 0 Å². The smallest absolute Gasteiger partial charge is 0.357 e. The van der Waals surface area contributed by atoms with Gasteiger partial charge in [-0.2, -0.15) is 13.2 Å². The number of benzene rings is 1. The normalized spacial score (nSPS) is 12.3. The molecule has 2 N–H and O–H groups in total. The Morgan fingerprint density at radius 2 is 1.97 bits per heavy atom. The van der Waals surface area contributed by atoms with Crippen LogP contribution in [0.15, 0.2) is 53.7 Å². The molecule has 0 saturated carbocycles. The number of guanidine groups is 1. The number of fused-ring (bicyclic) bond motifs is 1. The Hall–Kier alpha value is -3.10. The van der Waals surface area contributed by atoms with Crippen LogP contribution < -0.4 is 10.6 Å². The van der Waals surface area contributed by atoms with Gasteiger partial charge in [-0.25, -0.2) is 4.99 Å². The van der Waals surface area contributed by atoms with Crippen LogP contribution in [0.25, 0.3) is 5.65 Å². The summed E-state index contributed by atoms with van der Waals surface area (Å²) < 4.78 is 40.5. The van der Waals surface area contributed by atoms with Gasteiger partial charge in [-0.3, -0.25) is 4.40 Å². The minimum Gasteiger partial charge on any atom is -0.357 e. The summed E-state index contributed by atoms with van der Waals surface area (Å²) in [4.78, 5) is 4.39. The van der Waals surface area contributed by atoms with Gasteiger partial charge in [-0.15, -0.1) is 10.2 Å². The average Bonchev–Trinajstić information content (AvgIpc) is 3.12. The van der Waals surface area contributed by atoms with Gasteiger partial charge >= 0.3 is 6.18 Å². The minimum absolute atomic E-state index is 0.161. The fourth-order valence-corrected chi connectivity index (χ4v) is 2.87. The summed E-state index contributed by atoms with van der Waals surface area (Å²) >= 11 is 0. The molecule has 9 heteroatoms. The molecule has 0 fully saturated rings. The lowest BCUT2D eigenvalue weighted by Gasteiger charge is -2.12. The second kappa shape index (κ2) is 9.40. The molecule has 2 aromatic heterocycles. The molecular weight excluding hydrogens is 381 g/mol. The molecule has 0 unspecified atom stereocenters. The number of nitrogens with zero attached hydrogens (tertiary/aromatic N) is 4. The third-order valence-electron chi connectivity index (χ3n) is 4.27. The van der Waals surface area contributed by atoms with Gasteiger partial charge in [0.25, 0.3) is 0 Å². The Morgan fingerprint density at radius 3 is 2.76 bits per heavy atom. The highest BCUT2D eigenvalue weighted by molar-refractivity contribution is 5.79. The lowest BCUT2D eigenvalue weighted by Crippen LogP contribution is -2.37. The summed E-state index contributed by atoms with van der Waals surface area (Å²) in [6.07, 6.45) is -0.873. The summed E-state index contributed by atoms with van der Waals surface area (Å²) in [6.45, 7) is 3.40. The second-order valence-electron chi connectivity index (χ2n) is 6.47. The number of aliphatic imine (C=N–C) groups is 1. The lowest BCUT2D eigenvalue weighted by atomic mass is 10.1. The molecule has 1 aromatic carbocycles. The molecule has 0 aliphatic rings. The predicted molar refractivity (Wildman–Crippen MR) is 106 cm³/mol. The van der Waals surface area contributed by atoms with Gasteiger partial charge in [0.2, 0.25) is 0 Å². The van der Waals surface area contributed by atoms with E-state index in [4.69, 9.17) is 0 Å². The average molecular weight is 404 g/mol. The van der Waals surface area contributed by atoms with E-state index >= 15 is 0 Å². The third-order valence-corrected chi connectivity index (χ3v) is 4.27. The van der Waals surface area contributed by atoms with E-state index in [-0.39, 0.29) is 6.54 Å². The lowest BCUT2D eigenvalue weighted by molar-refractivity contribution is -0.137. The van der Waals surface area contributed by atoms with Crippen molar-refractivity contribution in [2.45, 2.75) is 32.5 Å². The number of aryl methyl sites for hydroxylation is 1. The minimum atomic E-state index is -4.35. The first-order valence-corrected chi connectivity index (χ1v) is 9.44. The van der Waals surface area contributed by atoms with Gasteiger partial charge in [0.1, 0.15) is 5.82 Å². The number of pyridine rings is 1. The summed E-state index contributed by atoms with van der Waals surface area (Å²) in [5.41, 5.74) is 0.655. The van der Waals surface area contributed by atoms with Crippen molar-refractivity contribution >= 4 is 11.6 Å². The van der Waals surface area contributed by atoms with Gasteiger partial charge in [-0.1, -0.05) is 18.2 Å². The van der Waals surface area contributed by atoms with E-state index in [9.17, 15) is 13.2 Å². The number of halogens is 3. The number of rotatable bonds is 7.